The summed E-state index contributed by atoms with van der Waals surface area (Å²) in [5.74, 6) is -0.736. The molecule has 0 bridgehead atoms. The van der Waals surface area contributed by atoms with E-state index >= 15 is 0 Å². The van der Waals surface area contributed by atoms with Crippen LogP contribution in [0.3, 0.4) is 0 Å². The van der Waals surface area contributed by atoms with Crippen LogP contribution in [0.25, 0.3) is 0 Å². The van der Waals surface area contributed by atoms with Gasteiger partial charge in [-0.1, -0.05) is 6.07 Å². The van der Waals surface area contributed by atoms with Crippen LogP contribution in [-0.4, -0.2) is 34.4 Å². The summed E-state index contributed by atoms with van der Waals surface area (Å²) in [7, 11) is 1.17. The number of aliphatic hydroxyl groups is 2. The molecule has 0 aliphatic rings. The molecule has 0 aliphatic carbocycles. The second kappa shape index (κ2) is 5.21. The largest absolute Gasteiger partial charge is 0.464 e. The van der Waals surface area contributed by atoms with Gasteiger partial charge >= 0.3 is 5.97 Å². The summed E-state index contributed by atoms with van der Waals surface area (Å²) in [4.78, 5) is 15.0. The van der Waals surface area contributed by atoms with Crippen molar-refractivity contribution in [2.24, 2.45) is 0 Å². The average molecular weight is 222 g/mol. The molecule has 2 N–H and O–H groups in total. The molecule has 0 saturated carbocycles. The molecule has 0 aromatic carbocycles. The SMILES string of the molecule is COC(=O)c1ncccc1C(O)C(O)C#N. The number of nitrogens with zero attached hydrogens (tertiary/aromatic N) is 2. The van der Waals surface area contributed by atoms with Crippen molar-refractivity contribution < 1.29 is 19.7 Å². The number of hydrogen-bond donors (Lipinski definition) is 2. The fraction of sp³-hybridized carbons (Fsp3) is 0.300. The number of carbonyl (C=O) groups excluding carboxylic acids is 1. The maximum atomic E-state index is 11.3. The summed E-state index contributed by atoms with van der Waals surface area (Å²) in [5, 5.41) is 27.2. The van der Waals surface area contributed by atoms with E-state index in [1.165, 1.54) is 31.5 Å². The first-order valence-electron chi connectivity index (χ1n) is 4.40. The summed E-state index contributed by atoms with van der Waals surface area (Å²) in [5.41, 5.74) is -0.0600. The molecule has 0 saturated heterocycles. The Labute approximate surface area is 91.7 Å². The lowest BCUT2D eigenvalue weighted by Gasteiger charge is -2.14. The summed E-state index contributed by atoms with van der Waals surface area (Å²) in [6, 6.07) is 4.35. The van der Waals surface area contributed by atoms with E-state index in [1.54, 1.807) is 0 Å². The van der Waals surface area contributed by atoms with Gasteiger partial charge in [0, 0.05) is 11.8 Å². The Bertz CT molecular complexity index is 427. The predicted octanol–water partition coefficient (Wildman–Crippen LogP) is -0.214. The third-order valence-electron chi connectivity index (χ3n) is 1.97. The van der Waals surface area contributed by atoms with E-state index in [0.29, 0.717) is 0 Å². The highest BCUT2D eigenvalue weighted by Crippen LogP contribution is 2.19. The van der Waals surface area contributed by atoms with Gasteiger partial charge < -0.3 is 14.9 Å². The minimum atomic E-state index is -1.62. The van der Waals surface area contributed by atoms with Gasteiger partial charge in [0.25, 0.3) is 0 Å². The van der Waals surface area contributed by atoms with Crippen LogP contribution in [0.4, 0.5) is 0 Å². The average Bonchev–Trinajstić information content (AvgIpc) is 2.35. The minimum absolute atomic E-state index is 0.0587. The van der Waals surface area contributed by atoms with Gasteiger partial charge in [-0.05, 0) is 6.07 Å². The van der Waals surface area contributed by atoms with E-state index in [-0.39, 0.29) is 11.3 Å². The van der Waals surface area contributed by atoms with Crippen molar-refractivity contribution in [3.63, 3.8) is 0 Å². The Balaban J connectivity index is 3.14. The quantitative estimate of drug-likeness (QED) is 0.541. The third kappa shape index (κ3) is 2.34. The Morgan fingerprint density at radius 3 is 2.88 bits per heavy atom. The smallest absolute Gasteiger partial charge is 0.357 e. The molecule has 0 fully saturated rings. The highest BCUT2D eigenvalue weighted by atomic mass is 16.5. The molecule has 6 heteroatoms. The van der Waals surface area contributed by atoms with Gasteiger partial charge in [0.1, 0.15) is 6.10 Å². The molecule has 1 aromatic heterocycles. The summed E-state index contributed by atoms with van der Waals surface area (Å²) < 4.78 is 4.46. The zero-order valence-corrected chi connectivity index (χ0v) is 8.49. The van der Waals surface area contributed by atoms with Gasteiger partial charge in [-0.3, -0.25) is 0 Å². The van der Waals surface area contributed by atoms with Gasteiger partial charge in [0.2, 0.25) is 0 Å². The van der Waals surface area contributed by atoms with Crippen LogP contribution < -0.4 is 0 Å². The van der Waals surface area contributed by atoms with Crippen LogP contribution in [0, 0.1) is 11.3 Å². The predicted molar refractivity (Wildman–Crippen MR) is 52.2 cm³/mol. The Hall–Kier alpha value is -1.97. The second-order valence-corrected chi connectivity index (χ2v) is 2.95. The molecule has 6 nitrogen and oxygen atoms in total. The molecule has 0 aliphatic heterocycles. The topological polar surface area (TPSA) is 103 Å². The minimum Gasteiger partial charge on any atom is -0.464 e. The zero-order chi connectivity index (χ0) is 12.1. The van der Waals surface area contributed by atoms with Crippen molar-refractivity contribution >= 4 is 5.97 Å². The monoisotopic (exact) mass is 222 g/mol. The number of esters is 1. The molecule has 1 aromatic rings. The van der Waals surface area contributed by atoms with Crippen molar-refractivity contribution in [2.75, 3.05) is 7.11 Å². The summed E-state index contributed by atoms with van der Waals surface area (Å²) in [6.07, 6.45) is -1.76. The van der Waals surface area contributed by atoms with Gasteiger partial charge in [0.05, 0.1) is 13.2 Å². The van der Waals surface area contributed by atoms with Crippen molar-refractivity contribution in [3.05, 3.63) is 29.6 Å². The Morgan fingerprint density at radius 1 is 1.62 bits per heavy atom. The Morgan fingerprint density at radius 2 is 2.31 bits per heavy atom. The van der Waals surface area contributed by atoms with Gasteiger partial charge in [-0.25, -0.2) is 9.78 Å². The summed E-state index contributed by atoms with van der Waals surface area (Å²) >= 11 is 0. The van der Waals surface area contributed by atoms with E-state index in [2.05, 4.69) is 9.72 Å². The third-order valence-corrected chi connectivity index (χ3v) is 1.97. The van der Waals surface area contributed by atoms with Crippen LogP contribution in [-0.2, 0) is 4.74 Å². The van der Waals surface area contributed by atoms with Crippen molar-refractivity contribution in [1.29, 1.82) is 5.26 Å². The molecule has 2 unspecified atom stereocenters. The highest BCUT2D eigenvalue weighted by molar-refractivity contribution is 5.88. The van der Waals surface area contributed by atoms with Gasteiger partial charge in [-0.15, -0.1) is 0 Å². The number of pyridine rings is 1. The first-order valence-corrected chi connectivity index (χ1v) is 4.40. The van der Waals surface area contributed by atoms with Crippen LogP contribution in [0.2, 0.25) is 0 Å². The molecular formula is C10H10N2O4. The molecular weight excluding hydrogens is 212 g/mol. The lowest BCUT2D eigenvalue weighted by molar-refractivity contribution is 0.0471. The van der Waals surface area contributed by atoms with Crippen molar-refractivity contribution in [2.45, 2.75) is 12.2 Å². The molecule has 0 radical (unpaired) electrons. The number of rotatable bonds is 3. The van der Waals surface area contributed by atoms with Crippen LogP contribution in [0.15, 0.2) is 18.3 Å². The molecule has 0 amide bonds. The molecule has 16 heavy (non-hydrogen) atoms. The van der Waals surface area contributed by atoms with E-state index in [4.69, 9.17) is 10.4 Å². The number of nitriles is 1. The standard InChI is InChI=1S/C10H10N2O4/c1-16-10(15)8-6(3-2-4-12-8)9(14)7(13)5-11/h2-4,7,9,13-14H,1H3. The number of carbonyl (C=O) groups is 1. The second-order valence-electron chi connectivity index (χ2n) is 2.95. The fourth-order valence-electron chi connectivity index (χ4n) is 1.16. The van der Waals surface area contributed by atoms with Crippen molar-refractivity contribution in [1.82, 2.24) is 4.98 Å². The number of aliphatic hydroxyl groups excluding tert-OH is 2. The van der Waals surface area contributed by atoms with Gasteiger partial charge in [-0.2, -0.15) is 5.26 Å². The van der Waals surface area contributed by atoms with Gasteiger partial charge in [0.15, 0.2) is 11.8 Å². The lowest BCUT2D eigenvalue weighted by atomic mass is 10.0. The van der Waals surface area contributed by atoms with Crippen molar-refractivity contribution in [3.8, 4) is 6.07 Å². The maximum absolute atomic E-state index is 11.3. The van der Waals surface area contributed by atoms with Crippen LogP contribution in [0.5, 0.6) is 0 Å². The first-order chi connectivity index (χ1) is 7.61. The normalized spacial score (nSPS) is 13.6. The molecule has 0 spiro atoms. The van der Waals surface area contributed by atoms with Crippen LogP contribution >= 0.6 is 0 Å². The van der Waals surface area contributed by atoms with E-state index < -0.39 is 18.2 Å². The number of ether oxygens (including phenoxy) is 1. The maximum Gasteiger partial charge on any atom is 0.357 e. The molecule has 1 rings (SSSR count). The molecule has 2 atom stereocenters. The van der Waals surface area contributed by atoms with E-state index in [1.807, 2.05) is 0 Å². The van der Waals surface area contributed by atoms with E-state index in [9.17, 15) is 9.90 Å². The molecule has 84 valence electrons. The van der Waals surface area contributed by atoms with Crippen LogP contribution in [0.1, 0.15) is 22.2 Å². The lowest BCUT2D eigenvalue weighted by Crippen LogP contribution is -2.20. The van der Waals surface area contributed by atoms with E-state index in [0.717, 1.165) is 0 Å². The molecule has 1 heterocycles. The number of hydrogen-bond acceptors (Lipinski definition) is 6. The Kier molecular flexibility index (Phi) is 3.94. The number of aromatic nitrogens is 1. The fourth-order valence-corrected chi connectivity index (χ4v) is 1.16. The highest BCUT2D eigenvalue weighted by Gasteiger charge is 2.24. The number of methoxy groups -OCH3 is 1. The zero-order valence-electron chi connectivity index (χ0n) is 8.49. The first kappa shape index (κ1) is 12.1. The summed E-state index contributed by atoms with van der Waals surface area (Å²) in [6.45, 7) is 0.